The van der Waals surface area contributed by atoms with Crippen LogP contribution in [0.25, 0.3) is 11.3 Å². The summed E-state index contributed by atoms with van der Waals surface area (Å²) in [5.41, 5.74) is 6.78. The lowest BCUT2D eigenvalue weighted by molar-refractivity contribution is -0.144. The Balaban J connectivity index is 1.44. The molecule has 0 fully saturated rings. The maximum absolute atomic E-state index is 13.0. The fourth-order valence-corrected chi connectivity index (χ4v) is 4.00. The number of ether oxygens (including phenoxy) is 1. The van der Waals surface area contributed by atoms with E-state index >= 15 is 0 Å². The second-order valence-corrected chi connectivity index (χ2v) is 8.04. The topological polar surface area (TPSA) is 120 Å². The number of thiazole rings is 1. The van der Waals surface area contributed by atoms with Crippen molar-refractivity contribution in [1.82, 2.24) is 15.2 Å². The van der Waals surface area contributed by atoms with Crippen LogP contribution >= 0.6 is 34.4 Å². The zero-order chi connectivity index (χ0) is 19.2. The summed E-state index contributed by atoms with van der Waals surface area (Å²) in [6.45, 7) is -0.427. The van der Waals surface area contributed by atoms with Crippen LogP contribution in [0.5, 0.6) is 0 Å². The van der Waals surface area contributed by atoms with Crippen LogP contribution in [-0.4, -0.2) is 39.4 Å². The Labute approximate surface area is 165 Å². The molecule has 2 heterocycles. The minimum atomic E-state index is -0.560. The third kappa shape index (κ3) is 5.70. The van der Waals surface area contributed by atoms with Gasteiger partial charge in [-0.05, 0) is 24.3 Å². The number of thioether (sulfide) groups is 1. The van der Waals surface area contributed by atoms with Gasteiger partial charge in [-0.3, -0.25) is 14.9 Å². The molecule has 0 saturated heterocycles. The van der Waals surface area contributed by atoms with E-state index in [9.17, 15) is 14.0 Å². The average Bonchev–Trinajstić information content (AvgIpc) is 3.28. The van der Waals surface area contributed by atoms with E-state index in [0.29, 0.717) is 20.3 Å². The van der Waals surface area contributed by atoms with Gasteiger partial charge in [0.15, 0.2) is 16.1 Å². The number of carbonyl (C=O) groups is 2. The molecule has 3 aromatic rings. The standard InChI is InChI=1S/C15H12FN5O3S3/c16-9-3-1-8(2-4-9)10-6-25-14(18-10)19-11(22)5-24-12(23)7-26-15-21-20-13(17)27-15/h1-4,6H,5,7H2,(H2,17,20)(H,18,19,22). The lowest BCUT2D eigenvalue weighted by atomic mass is 10.2. The van der Waals surface area contributed by atoms with E-state index in [1.807, 2.05) is 0 Å². The van der Waals surface area contributed by atoms with Gasteiger partial charge in [0.1, 0.15) is 5.82 Å². The summed E-state index contributed by atoms with van der Waals surface area (Å²) in [5.74, 6) is -1.41. The van der Waals surface area contributed by atoms with Crippen molar-refractivity contribution < 1.29 is 18.7 Å². The number of esters is 1. The summed E-state index contributed by atoms with van der Waals surface area (Å²) in [7, 11) is 0. The van der Waals surface area contributed by atoms with Crippen molar-refractivity contribution in [3.8, 4) is 11.3 Å². The number of carbonyl (C=O) groups excluding carboxylic acids is 2. The Bertz CT molecular complexity index is 944. The Kier molecular flexibility index (Phi) is 6.32. The molecule has 12 heteroatoms. The molecule has 8 nitrogen and oxygen atoms in total. The summed E-state index contributed by atoms with van der Waals surface area (Å²) in [6, 6.07) is 5.86. The molecule has 3 rings (SSSR count). The van der Waals surface area contributed by atoms with Gasteiger partial charge in [0, 0.05) is 10.9 Å². The van der Waals surface area contributed by atoms with Crippen molar-refractivity contribution in [2.24, 2.45) is 0 Å². The minimum absolute atomic E-state index is 0.00607. The number of rotatable bonds is 7. The molecule has 27 heavy (non-hydrogen) atoms. The number of hydrogen-bond donors (Lipinski definition) is 2. The normalized spacial score (nSPS) is 10.6. The lowest BCUT2D eigenvalue weighted by Crippen LogP contribution is -2.21. The number of benzene rings is 1. The summed E-state index contributed by atoms with van der Waals surface area (Å²) in [5, 5.41) is 12.3. The average molecular weight is 425 g/mol. The monoisotopic (exact) mass is 425 g/mol. The molecule has 140 valence electrons. The highest BCUT2D eigenvalue weighted by atomic mass is 32.2. The van der Waals surface area contributed by atoms with Crippen molar-refractivity contribution in [3.63, 3.8) is 0 Å². The van der Waals surface area contributed by atoms with Gasteiger partial charge >= 0.3 is 5.97 Å². The Morgan fingerprint density at radius 3 is 2.74 bits per heavy atom. The van der Waals surface area contributed by atoms with Crippen LogP contribution in [0.3, 0.4) is 0 Å². The van der Waals surface area contributed by atoms with E-state index in [4.69, 9.17) is 10.5 Å². The molecule has 0 aliphatic carbocycles. The van der Waals surface area contributed by atoms with Gasteiger partial charge in [0.2, 0.25) is 5.13 Å². The summed E-state index contributed by atoms with van der Waals surface area (Å²) in [4.78, 5) is 27.8. The number of anilines is 2. The lowest BCUT2D eigenvalue weighted by Gasteiger charge is -2.03. The molecule has 0 spiro atoms. The van der Waals surface area contributed by atoms with Crippen LogP contribution in [-0.2, 0) is 14.3 Å². The summed E-state index contributed by atoms with van der Waals surface area (Å²) in [6.07, 6.45) is 0. The van der Waals surface area contributed by atoms with Crippen LogP contribution in [0.15, 0.2) is 34.0 Å². The van der Waals surface area contributed by atoms with Crippen LogP contribution in [0, 0.1) is 5.82 Å². The van der Waals surface area contributed by atoms with Crippen molar-refractivity contribution in [2.75, 3.05) is 23.4 Å². The number of amides is 1. The summed E-state index contributed by atoms with van der Waals surface area (Å²) < 4.78 is 18.4. The van der Waals surface area contributed by atoms with E-state index < -0.39 is 18.5 Å². The van der Waals surface area contributed by atoms with Gasteiger partial charge in [0.05, 0.1) is 11.4 Å². The van der Waals surface area contributed by atoms with E-state index in [1.165, 1.54) is 23.5 Å². The van der Waals surface area contributed by atoms with Gasteiger partial charge in [-0.1, -0.05) is 23.1 Å². The molecule has 0 aliphatic rings. The van der Waals surface area contributed by atoms with Gasteiger partial charge < -0.3 is 10.5 Å². The molecule has 0 atom stereocenters. The number of aromatic nitrogens is 3. The SMILES string of the molecule is Nc1nnc(SCC(=O)OCC(=O)Nc2nc(-c3ccc(F)cc3)cs2)s1. The number of nitrogens with two attached hydrogens (primary N) is 1. The highest BCUT2D eigenvalue weighted by Gasteiger charge is 2.12. The second-order valence-electron chi connectivity index (χ2n) is 4.95. The molecule has 1 aromatic carbocycles. The molecule has 2 aromatic heterocycles. The Morgan fingerprint density at radius 1 is 1.26 bits per heavy atom. The molecule has 0 aliphatic heterocycles. The minimum Gasteiger partial charge on any atom is -0.455 e. The van der Waals surface area contributed by atoms with Crippen LogP contribution in [0.1, 0.15) is 0 Å². The molecule has 0 bridgehead atoms. The largest absolute Gasteiger partial charge is 0.455 e. The first-order valence-electron chi connectivity index (χ1n) is 7.38. The zero-order valence-corrected chi connectivity index (χ0v) is 16.0. The predicted molar refractivity (Wildman–Crippen MR) is 102 cm³/mol. The first-order chi connectivity index (χ1) is 13.0. The van der Waals surface area contributed by atoms with Gasteiger partial charge in [-0.2, -0.15) is 0 Å². The number of nitrogens with zero attached hydrogens (tertiary/aromatic N) is 3. The van der Waals surface area contributed by atoms with Gasteiger partial charge in [-0.15, -0.1) is 21.5 Å². The van der Waals surface area contributed by atoms with Crippen molar-refractivity contribution in [2.45, 2.75) is 4.34 Å². The van der Waals surface area contributed by atoms with Crippen LogP contribution in [0.2, 0.25) is 0 Å². The van der Waals surface area contributed by atoms with E-state index in [1.54, 1.807) is 17.5 Å². The predicted octanol–water partition coefficient (Wildman–Crippen LogP) is 2.66. The number of hydrogen-bond acceptors (Lipinski definition) is 10. The van der Waals surface area contributed by atoms with E-state index in [0.717, 1.165) is 28.7 Å². The Morgan fingerprint density at radius 2 is 2.04 bits per heavy atom. The van der Waals surface area contributed by atoms with Crippen LogP contribution < -0.4 is 11.1 Å². The Hall–Kier alpha value is -2.57. The molecule has 3 N–H and O–H groups in total. The van der Waals surface area contributed by atoms with Crippen LogP contribution in [0.4, 0.5) is 14.7 Å². The van der Waals surface area contributed by atoms with Gasteiger partial charge in [-0.25, -0.2) is 9.37 Å². The van der Waals surface area contributed by atoms with Gasteiger partial charge in [0.25, 0.3) is 5.91 Å². The first kappa shape index (κ1) is 19.2. The first-order valence-corrected chi connectivity index (χ1v) is 10.1. The van der Waals surface area contributed by atoms with E-state index in [2.05, 4.69) is 20.5 Å². The molecular weight excluding hydrogens is 413 g/mol. The third-order valence-electron chi connectivity index (χ3n) is 2.99. The molecule has 0 saturated carbocycles. The highest BCUT2D eigenvalue weighted by Crippen LogP contribution is 2.25. The quantitative estimate of drug-likeness (QED) is 0.438. The molecule has 1 amide bonds. The maximum Gasteiger partial charge on any atom is 0.316 e. The number of halogens is 1. The molecule has 0 radical (unpaired) electrons. The molecule has 0 unspecified atom stereocenters. The van der Waals surface area contributed by atoms with E-state index in [-0.39, 0.29) is 11.6 Å². The molecular formula is C15H12FN5O3S3. The highest BCUT2D eigenvalue weighted by molar-refractivity contribution is 8.01. The summed E-state index contributed by atoms with van der Waals surface area (Å²) >= 11 is 3.50. The third-order valence-corrected chi connectivity index (χ3v) is 5.61. The number of nitrogens with one attached hydrogen (secondary N) is 1. The fourth-order valence-electron chi connectivity index (χ4n) is 1.83. The fraction of sp³-hybridized carbons (Fsp3) is 0.133. The maximum atomic E-state index is 13.0. The number of nitrogen functional groups attached to an aromatic ring is 1. The van der Waals surface area contributed by atoms with Crippen molar-refractivity contribution in [1.29, 1.82) is 0 Å². The van der Waals surface area contributed by atoms with Crippen molar-refractivity contribution >= 4 is 56.6 Å². The zero-order valence-electron chi connectivity index (χ0n) is 13.5. The smallest absolute Gasteiger partial charge is 0.316 e. The second kappa shape index (κ2) is 8.88. The van der Waals surface area contributed by atoms with Crippen molar-refractivity contribution in [3.05, 3.63) is 35.5 Å².